The van der Waals surface area contributed by atoms with Gasteiger partial charge in [0, 0.05) is 18.0 Å². The topological polar surface area (TPSA) is 73.2 Å². The predicted octanol–water partition coefficient (Wildman–Crippen LogP) is 2.05. The average Bonchev–Trinajstić information content (AvgIpc) is 2.55. The summed E-state index contributed by atoms with van der Waals surface area (Å²) in [5.74, 6) is 1.33. The molecule has 0 aliphatic carbocycles. The Morgan fingerprint density at radius 1 is 1.14 bits per heavy atom. The standard InChI is InChI=1S/C15H13N5O/c1-21-13-5-3-2-4-11(13)8-16-10-14-19-9-12-15(20-14)18-7-6-17-12/h2-7,9-10H,8H2,1H3. The highest BCUT2D eigenvalue weighted by Crippen LogP contribution is 2.17. The third kappa shape index (κ3) is 3.00. The van der Waals surface area contributed by atoms with Crippen LogP contribution in [0.4, 0.5) is 0 Å². The Bertz CT molecular complexity index is 788. The number of methoxy groups -OCH3 is 1. The first-order chi connectivity index (χ1) is 10.4. The molecule has 0 radical (unpaired) electrons. The zero-order valence-electron chi connectivity index (χ0n) is 11.5. The molecule has 6 nitrogen and oxygen atoms in total. The lowest BCUT2D eigenvalue weighted by molar-refractivity contribution is 0.410. The zero-order chi connectivity index (χ0) is 14.5. The molecule has 0 saturated carbocycles. The van der Waals surface area contributed by atoms with Crippen molar-refractivity contribution in [2.24, 2.45) is 4.99 Å². The van der Waals surface area contributed by atoms with Crippen molar-refractivity contribution in [3.63, 3.8) is 0 Å². The van der Waals surface area contributed by atoms with E-state index < -0.39 is 0 Å². The molecule has 104 valence electrons. The molecule has 21 heavy (non-hydrogen) atoms. The zero-order valence-corrected chi connectivity index (χ0v) is 11.5. The number of aliphatic imine (C=N–C) groups is 1. The molecule has 0 amide bonds. The maximum Gasteiger partial charge on any atom is 0.181 e. The van der Waals surface area contributed by atoms with Crippen LogP contribution in [-0.4, -0.2) is 33.3 Å². The summed E-state index contributed by atoms with van der Waals surface area (Å²) in [6.07, 6.45) is 6.48. The van der Waals surface area contributed by atoms with E-state index >= 15 is 0 Å². The molecule has 0 spiro atoms. The van der Waals surface area contributed by atoms with Crippen molar-refractivity contribution in [1.82, 2.24) is 19.9 Å². The SMILES string of the molecule is COc1ccccc1CN=Cc1ncc2nccnc2n1. The summed E-state index contributed by atoms with van der Waals surface area (Å²) in [7, 11) is 1.65. The van der Waals surface area contributed by atoms with Crippen LogP contribution in [0.5, 0.6) is 5.75 Å². The second kappa shape index (κ2) is 6.04. The van der Waals surface area contributed by atoms with Crippen LogP contribution >= 0.6 is 0 Å². The van der Waals surface area contributed by atoms with Crippen LogP contribution in [0.25, 0.3) is 11.2 Å². The quantitative estimate of drug-likeness (QED) is 0.683. The number of para-hydroxylation sites is 1. The molecule has 6 heteroatoms. The van der Waals surface area contributed by atoms with E-state index in [4.69, 9.17) is 4.74 Å². The minimum absolute atomic E-state index is 0.506. The molecular weight excluding hydrogens is 266 g/mol. The monoisotopic (exact) mass is 279 g/mol. The molecule has 2 heterocycles. The largest absolute Gasteiger partial charge is 0.496 e. The van der Waals surface area contributed by atoms with Gasteiger partial charge in [-0.1, -0.05) is 18.2 Å². The highest BCUT2D eigenvalue weighted by molar-refractivity contribution is 5.78. The minimum atomic E-state index is 0.506. The number of hydrogen-bond acceptors (Lipinski definition) is 6. The maximum atomic E-state index is 5.28. The van der Waals surface area contributed by atoms with E-state index in [1.807, 2.05) is 24.3 Å². The van der Waals surface area contributed by atoms with Gasteiger partial charge in [-0.05, 0) is 6.07 Å². The van der Waals surface area contributed by atoms with Gasteiger partial charge in [0.05, 0.1) is 26.1 Å². The normalized spacial score (nSPS) is 11.1. The Kier molecular flexibility index (Phi) is 3.77. The molecular formula is C15H13N5O. The van der Waals surface area contributed by atoms with Crippen molar-refractivity contribution in [3.8, 4) is 5.75 Å². The van der Waals surface area contributed by atoms with E-state index in [1.54, 1.807) is 31.9 Å². The van der Waals surface area contributed by atoms with Crippen LogP contribution in [0.1, 0.15) is 11.4 Å². The van der Waals surface area contributed by atoms with E-state index in [2.05, 4.69) is 24.9 Å². The predicted molar refractivity (Wildman–Crippen MR) is 79.4 cm³/mol. The van der Waals surface area contributed by atoms with Crippen LogP contribution in [0.15, 0.2) is 47.8 Å². The molecule has 0 aliphatic heterocycles. The maximum absolute atomic E-state index is 5.28. The summed E-state index contributed by atoms with van der Waals surface area (Å²) in [5.41, 5.74) is 2.24. The lowest BCUT2D eigenvalue weighted by atomic mass is 10.2. The van der Waals surface area contributed by atoms with E-state index in [-0.39, 0.29) is 0 Å². The highest BCUT2D eigenvalue weighted by Gasteiger charge is 2.01. The molecule has 3 aromatic rings. The molecule has 0 unspecified atom stereocenters. The Morgan fingerprint density at radius 3 is 2.90 bits per heavy atom. The first-order valence-electron chi connectivity index (χ1n) is 6.42. The van der Waals surface area contributed by atoms with Crippen LogP contribution in [-0.2, 0) is 6.54 Å². The van der Waals surface area contributed by atoms with Crippen molar-refractivity contribution in [2.75, 3.05) is 7.11 Å². The number of ether oxygens (including phenoxy) is 1. The van der Waals surface area contributed by atoms with Gasteiger partial charge in [-0.3, -0.25) is 4.99 Å². The fourth-order valence-electron chi connectivity index (χ4n) is 1.90. The number of rotatable bonds is 4. The summed E-state index contributed by atoms with van der Waals surface area (Å²) in [5, 5.41) is 0. The van der Waals surface area contributed by atoms with Gasteiger partial charge in [0.1, 0.15) is 11.3 Å². The lowest BCUT2D eigenvalue weighted by Gasteiger charge is -2.04. The molecule has 0 N–H and O–H groups in total. The van der Waals surface area contributed by atoms with Crippen LogP contribution in [0, 0.1) is 0 Å². The van der Waals surface area contributed by atoms with Gasteiger partial charge < -0.3 is 4.74 Å². The number of hydrogen-bond donors (Lipinski definition) is 0. The Morgan fingerprint density at radius 2 is 2.00 bits per heavy atom. The minimum Gasteiger partial charge on any atom is -0.496 e. The first kappa shape index (κ1) is 13.1. The van der Waals surface area contributed by atoms with Crippen LogP contribution in [0.3, 0.4) is 0 Å². The molecule has 3 rings (SSSR count). The van der Waals surface area contributed by atoms with Gasteiger partial charge in [-0.2, -0.15) is 0 Å². The Labute approximate surface area is 121 Å². The molecule has 0 saturated heterocycles. The van der Waals surface area contributed by atoms with Crippen molar-refractivity contribution in [1.29, 1.82) is 0 Å². The van der Waals surface area contributed by atoms with Crippen molar-refractivity contribution < 1.29 is 4.74 Å². The van der Waals surface area contributed by atoms with Crippen molar-refractivity contribution in [2.45, 2.75) is 6.54 Å². The first-order valence-corrected chi connectivity index (χ1v) is 6.42. The van der Waals surface area contributed by atoms with E-state index in [1.165, 1.54) is 0 Å². The second-order valence-electron chi connectivity index (χ2n) is 4.28. The molecule has 1 aromatic carbocycles. The van der Waals surface area contributed by atoms with E-state index in [9.17, 15) is 0 Å². The highest BCUT2D eigenvalue weighted by atomic mass is 16.5. The number of fused-ring (bicyclic) bond motifs is 1. The average molecular weight is 279 g/mol. The van der Waals surface area contributed by atoms with Crippen LogP contribution < -0.4 is 4.74 Å². The van der Waals surface area contributed by atoms with Gasteiger partial charge >= 0.3 is 0 Å². The molecule has 0 bridgehead atoms. The summed E-state index contributed by atoms with van der Waals surface area (Å²) in [6, 6.07) is 7.77. The van der Waals surface area contributed by atoms with E-state index in [0.717, 1.165) is 11.3 Å². The molecule has 2 aromatic heterocycles. The molecule has 0 atom stereocenters. The van der Waals surface area contributed by atoms with Gasteiger partial charge in [-0.25, -0.2) is 19.9 Å². The van der Waals surface area contributed by atoms with Crippen LogP contribution in [0.2, 0.25) is 0 Å². The Balaban J connectivity index is 1.78. The van der Waals surface area contributed by atoms with Gasteiger partial charge in [0.15, 0.2) is 11.5 Å². The second-order valence-corrected chi connectivity index (χ2v) is 4.28. The summed E-state index contributed by atoms with van der Waals surface area (Å²) >= 11 is 0. The third-order valence-corrected chi connectivity index (χ3v) is 2.91. The Hall–Kier alpha value is -2.89. The van der Waals surface area contributed by atoms with Gasteiger partial charge in [0.25, 0.3) is 0 Å². The lowest BCUT2D eigenvalue weighted by Crippen LogP contribution is -1.97. The van der Waals surface area contributed by atoms with Crippen molar-refractivity contribution in [3.05, 3.63) is 54.2 Å². The number of benzene rings is 1. The molecule has 0 aliphatic rings. The fraction of sp³-hybridized carbons (Fsp3) is 0.133. The molecule has 0 fully saturated rings. The smallest absolute Gasteiger partial charge is 0.181 e. The third-order valence-electron chi connectivity index (χ3n) is 2.91. The van der Waals surface area contributed by atoms with Gasteiger partial charge in [-0.15, -0.1) is 0 Å². The summed E-state index contributed by atoms with van der Waals surface area (Å²) < 4.78 is 5.28. The number of nitrogens with zero attached hydrogens (tertiary/aromatic N) is 5. The summed E-state index contributed by atoms with van der Waals surface area (Å²) in [4.78, 5) is 21.1. The number of aromatic nitrogens is 4. The fourth-order valence-corrected chi connectivity index (χ4v) is 1.90. The van der Waals surface area contributed by atoms with Crippen molar-refractivity contribution >= 4 is 17.4 Å². The van der Waals surface area contributed by atoms with E-state index in [0.29, 0.717) is 23.5 Å². The van der Waals surface area contributed by atoms with Gasteiger partial charge in [0.2, 0.25) is 0 Å². The summed E-state index contributed by atoms with van der Waals surface area (Å²) in [6.45, 7) is 0.506.